The lowest BCUT2D eigenvalue weighted by molar-refractivity contribution is 0.0952. The van der Waals surface area contributed by atoms with Gasteiger partial charge in [-0.2, -0.15) is 0 Å². The van der Waals surface area contributed by atoms with E-state index < -0.39 is 0 Å². The Morgan fingerprint density at radius 2 is 2.14 bits per heavy atom. The maximum atomic E-state index is 12.2. The van der Waals surface area contributed by atoms with Crippen molar-refractivity contribution in [2.24, 2.45) is 0 Å². The Bertz CT molecular complexity index is 601. The van der Waals surface area contributed by atoms with Gasteiger partial charge in [0.1, 0.15) is 5.52 Å². The zero-order valence-electron chi connectivity index (χ0n) is 12.3. The first kappa shape index (κ1) is 14.1. The Labute approximate surface area is 124 Å². The van der Waals surface area contributed by atoms with Crippen molar-refractivity contribution in [3.8, 4) is 0 Å². The van der Waals surface area contributed by atoms with Crippen molar-refractivity contribution < 1.29 is 4.79 Å². The molecule has 0 radical (unpaired) electrons. The van der Waals surface area contributed by atoms with Crippen LogP contribution in [-0.4, -0.2) is 47.0 Å². The molecular formula is C16H22N4O. The number of hydrogen-bond donors (Lipinski definition) is 2. The lowest BCUT2D eigenvalue weighted by Gasteiger charge is -2.26. The van der Waals surface area contributed by atoms with E-state index in [1.165, 1.54) is 32.4 Å². The molecule has 112 valence electrons. The van der Waals surface area contributed by atoms with E-state index in [0.717, 1.165) is 30.5 Å². The predicted octanol–water partition coefficient (Wildman–Crippen LogP) is 2.17. The van der Waals surface area contributed by atoms with Crippen LogP contribution in [0.2, 0.25) is 0 Å². The average molecular weight is 286 g/mol. The van der Waals surface area contributed by atoms with Gasteiger partial charge in [-0.3, -0.25) is 4.79 Å². The Morgan fingerprint density at radius 1 is 1.29 bits per heavy atom. The summed E-state index contributed by atoms with van der Waals surface area (Å²) in [6.07, 6.45) is 6.61. The van der Waals surface area contributed by atoms with Crippen LogP contribution in [0, 0.1) is 0 Å². The molecule has 3 rings (SSSR count). The molecular weight excluding hydrogens is 264 g/mol. The highest BCUT2D eigenvalue weighted by molar-refractivity contribution is 6.04. The molecule has 1 saturated heterocycles. The van der Waals surface area contributed by atoms with Gasteiger partial charge >= 0.3 is 0 Å². The molecule has 0 aliphatic carbocycles. The summed E-state index contributed by atoms with van der Waals surface area (Å²) in [6.45, 7) is 4.21. The minimum absolute atomic E-state index is 0.0358. The number of nitrogens with zero attached hydrogens (tertiary/aromatic N) is 2. The lowest BCUT2D eigenvalue weighted by atomic mass is 10.1. The van der Waals surface area contributed by atoms with Crippen LogP contribution < -0.4 is 5.32 Å². The molecule has 1 aromatic carbocycles. The second-order valence-corrected chi connectivity index (χ2v) is 5.62. The summed E-state index contributed by atoms with van der Waals surface area (Å²) in [5.41, 5.74) is 2.29. The van der Waals surface area contributed by atoms with Crippen LogP contribution in [0.1, 0.15) is 36.0 Å². The Hall–Kier alpha value is -1.88. The van der Waals surface area contributed by atoms with E-state index in [4.69, 9.17) is 0 Å². The number of amides is 1. The summed E-state index contributed by atoms with van der Waals surface area (Å²) < 4.78 is 0. The number of aromatic amines is 1. The summed E-state index contributed by atoms with van der Waals surface area (Å²) in [4.78, 5) is 22.0. The molecule has 0 saturated carbocycles. The van der Waals surface area contributed by atoms with Gasteiger partial charge in [-0.25, -0.2) is 4.98 Å². The van der Waals surface area contributed by atoms with Gasteiger partial charge in [0, 0.05) is 6.54 Å². The predicted molar refractivity (Wildman–Crippen MR) is 83.3 cm³/mol. The summed E-state index contributed by atoms with van der Waals surface area (Å²) in [7, 11) is 0. The van der Waals surface area contributed by atoms with Gasteiger partial charge in [0.15, 0.2) is 0 Å². The second kappa shape index (κ2) is 6.72. The largest absolute Gasteiger partial charge is 0.352 e. The number of aromatic nitrogens is 2. The van der Waals surface area contributed by atoms with Crippen LogP contribution in [0.5, 0.6) is 0 Å². The van der Waals surface area contributed by atoms with Crippen molar-refractivity contribution in [1.29, 1.82) is 0 Å². The number of carbonyl (C=O) groups excluding carboxylic acids is 1. The third-order valence-electron chi connectivity index (χ3n) is 4.08. The van der Waals surface area contributed by atoms with Gasteiger partial charge in [0.25, 0.3) is 5.91 Å². The first-order chi connectivity index (χ1) is 10.3. The van der Waals surface area contributed by atoms with E-state index in [9.17, 15) is 4.79 Å². The SMILES string of the molecule is O=C(NCCCN1CCCCC1)c1cccc2[nH]cnc12. The number of carbonyl (C=O) groups is 1. The van der Waals surface area contributed by atoms with E-state index in [1.54, 1.807) is 6.33 Å². The minimum atomic E-state index is -0.0358. The highest BCUT2D eigenvalue weighted by Gasteiger charge is 2.12. The molecule has 0 bridgehead atoms. The van der Waals surface area contributed by atoms with Crippen LogP contribution in [0.15, 0.2) is 24.5 Å². The van der Waals surface area contributed by atoms with Crippen molar-refractivity contribution in [1.82, 2.24) is 20.2 Å². The summed E-state index contributed by atoms with van der Waals surface area (Å²) in [5.74, 6) is -0.0358. The smallest absolute Gasteiger partial charge is 0.253 e. The summed E-state index contributed by atoms with van der Waals surface area (Å²) in [5, 5.41) is 3.00. The number of para-hydroxylation sites is 1. The maximum Gasteiger partial charge on any atom is 0.253 e. The monoisotopic (exact) mass is 286 g/mol. The van der Waals surface area contributed by atoms with Gasteiger partial charge in [-0.15, -0.1) is 0 Å². The number of piperidine rings is 1. The molecule has 1 aromatic heterocycles. The van der Waals surface area contributed by atoms with Crippen molar-refractivity contribution in [2.75, 3.05) is 26.2 Å². The zero-order valence-corrected chi connectivity index (χ0v) is 12.3. The second-order valence-electron chi connectivity index (χ2n) is 5.62. The molecule has 2 N–H and O–H groups in total. The molecule has 5 heteroatoms. The molecule has 1 aliphatic heterocycles. The first-order valence-electron chi connectivity index (χ1n) is 7.77. The van der Waals surface area contributed by atoms with Crippen LogP contribution in [-0.2, 0) is 0 Å². The lowest BCUT2D eigenvalue weighted by Crippen LogP contribution is -2.33. The van der Waals surface area contributed by atoms with Crippen LogP contribution >= 0.6 is 0 Å². The van der Waals surface area contributed by atoms with E-state index >= 15 is 0 Å². The molecule has 2 aromatic rings. The normalized spacial score (nSPS) is 16.2. The summed E-state index contributed by atoms with van der Waals surface area (Å²) in [6, 6.07) is 5.63. The van der Waals surface area contributed by atoms with Crippen LogP contribution in [0.25, 0.3) is 11.0 Å². The number of benzene rings is 1. The number of imidazole rings is 1. The van der Waals surface area contributed by atoms with Crippen LogP contribution in [0.4, 0.5) is 0 Å². The summed E-state index contributed by atoms with van der Waals surface area (Å²) >= 11 is 0. The zero-order chi connectivity index (χ0) is 14.5. The standard InChI is InChI=1S/C16H22N4O/c21-16(13-6-4-7-14-15(13)19-12-18-14)17-8-5-11-20-9-2-1-3-10-20/h4,6-7,12H,1-3,5,8-11H2,(H,17,21)(H,18,19). The first-order valence-corrected chi connectivity index (χ1v) is 7.77. The van der Waals surface area contributed by atoms with Gasteiger partial charge in [-0.1, -0.05) is 12.5 Å². The Kier molecular flexibility index (Phi) is 4.50. The number of fused-ring (bicyclic) bond motifs is 1. The van der Waals surface area contributed by atoms with Crippen molar-refractivity contribution in [2.45, 2.75) is 25.7 Å². The third kappa shape index (κ3) is 3.42. The maximum absolute atomic E-state index is 12.2. The topological polar surface area (TPSA) is 61.0 Å². The molecule has 1 amide bonds. The van der Waals surface area contributed by atoms with E-state index in [2.05, 4.69) is 20.2 Å². The fourth-order valence-electron chi connectivity index (χ4n) is 2.93. The molecule has 2 heterocycles. The number of hydrogen-bond acceptors (Lipinski definition) is 3. The molecule has 5 nitrogen and oxygen atoms in total. The molecule has 0 unspecified atom stereocenters. The van der Waals surface area contributed by atoms with Gasteiger partial charge < -0.3 is 15.2 Å². The fourth-order valence-corrected chi connectivity index (χ4v) is 2.93. The van der Waals surface area contributed by atoms with E-state index in [-0.39, 0.29) is 5.91 Å². The molecule has 0 spiro atoms. The van der Waals surface area contributed by atoms with E-state index in [1.807, 2.05) is 18.2 Å². The number of nitrogens with one attached hydrogen (secondary N) is 2. The number of rotatable bonds is 5. The van der Waals surface area contributed by atoms with Gasteiger partial charge in [-0.05, 0) is 51.0 Å². The minimum Gasteiger partial charge on any atom is -0.352 e. The quantitative estimate of drug-likeness (QED) is 0.828. The molecule has 1 aliphatic rings. The van der Waals surface area contributed by atoms with Crippen molar-refractivity contribution >= 4 is 16.9 Å². The van der Waals surface area contributed by atoms with Gasteiger partial charge in [0.2, 0.25) is 0 Å². The Balaban J connectivity index is 1.49. The highest BCUT2D eigenvalue weighted by atomic mass is 16.1. The van der Waals surface area contributed by atoms with Crippen molar-refractivity contribution in [3.63, 3.8) is 0 Å². The number of likely N-dealkylation sites (tertiary alicyclic amines) is 1. The van der Waals surface area contributed by atoms with E-state index in [0.29, 0.717) is 5.56 Å². The third-order valence-corrected chi connectivity index (χ3v) is 4.08. The highest BCUT2D eigenvalue weighted by Crippen LogP contribution is 2.14. The van der Waals surface area contributed by atoms with Crippen molar-refractivity contribution in [3.05, 3.63) is 30.1 Å². The number of H-pyrrole nitrogens is 1. The Morgan fingerprint density at radius 3 is 3.00 bits per heavy atom. The molecule has 0 atom stereocenters. The fraction of sp³-hybridized carbons (Fsp3) is 0.500. The molecule has 1 fully saturated rings. The average Bonchev–Trinajstić information content (AvgIpc) is 3.01. The van der Waals surface area contributed by atoms with Gasteiger partial charge in [0.05, 0.1) is 17.4 Å². The van der Waals surface area contributed by atoms with Crippen LogP contribution in [0.3, 0.4) is 0 Å². The molecule has 21 heavy (non-hydrogen) atoms.